The predicted octanol–water partition coefficient (Wildman–Crippen LogP) is 3.31. The van der Waals surface area contributed by atoms with E-state index in [1.807, 2.05) is 0 Å². The Kier molecular flexibility index (Phi) is 7.42. The summed E-state index contributed by atoms with van der Waals surface area (Å²) in [6.45, 7) is 2.90. The molecule has 1 aliphatic rings. The van der Waals surface area contributed by atoms with Crippen LogP contribution in [0.15, 0.2) is 47.4 Å². The number of hydrogen-bond acceptors (Lipinski definition) is 5. The highest BCUT2D eigenvalue weighted by atomic mass is 32.2. The zero-order valence-corrected chi connectivity index (χ0v) is 18.1. The van der Waals surface area contributed by atoms with Gasteiger partial charge in [0, 0.05) is 18.8 Å². The number of sulfonamides is 1. The molecular formula is C21H23F3N2O5S. The van der Waals surface area contributed by atoms with Crippen molar-refractivity contribution in [2.75, 3.05) is 38.2 Å². The van der Waals surface area contributed by atoms with E-state index in [4.69, 9.17) is 9.47 Å². The Morgan fingerprint density at radius 2 is 1.88 bits per heavy atom. The second-order valence-corrected chi connectivity index (χ2v) is 8.94. The standard InChI is InChI=1S/C21H23F3N2O5S/c1-2-31-18-7-6-17(14-19(18)32(28,29)26-8-10-30-11-9-26)25-20(27)13-15-4-3-5-16(12-15)21(22,23)24/h3-7,12,14H,2,8-11,13H2,1H3,(H,25,27). The molecule has 0 bridgehead atoms. The number of carbonyl (C=O) groups is 1. The minimum atomic E-state index is -4.51. The average Bonchev–Trinajstić information content (AvgIpc) is 2.75. The first-order valence-electron chi connectivity index (χ1n) is 9.92. The summed E-state index contributed by atoms with van der Waals surface area (Å²) in [5.74, 6) is -0.432. The molecule has 0 spiro atoms. The van der Waals surface area contributed by atoms with Crippen molar-refractivity contribution in [3.05, 3.63) is 53.6 Å². The van der Waals surface area contributed by atoms with E-state index >= 15 is 0 Å². The quantitative estimate of drug-likeness (QED) is 0.669. The summed E-state index contributed by atoms with van der Waals surface area (Å²) in [6.07, 6.45) is -4.81. The number of nitrogens with one attached hydrogen (secondary N) is 1. The number of carbonyl (C=O) groups excluding carboxylic acids is 1. The predicted molar refractivity (Wildman–Crippen MR) is 111 cm³/mol. The van der Waals surface area contributed by atoms with Crippen molar-refractivity contribution in [1.82, 2.24) is 4.31 Å². The minimum Gasteiger partial charge on any atom is -0.492 e. The molecule has 1 heterocycles. The summed E-state index contributed by atoms with van der Waals surface area (Å²) in [5.41, 5.74) is -0.468. The highest BCUT2D eigenvalue weighted by Gasteiger charge is 2.31. The maximum Gasteiger partial charge on any atom is 0.416 e. The monoisotopic (exact) mass is 472 g/mol. The lowest BCUT2D eigenvalue weighted by atomic mass is 10.1. The lowest BCUT2D eigenvalue weighted by molar-refractivity contribution is -0.137. The van der Waals surface area contributed by atoms with Crippen molar-refractivity contribution < 1.29 is 35.9 Å². The van der Waals surface area contributed by atoms with E-state index in [2.05, 4.69) is 5.32 Å². The number of amides is 1. The van der Waals surface area contributed by atoms with E-state index in [1.165, 1.54) is 34.6 Å². The van der Waals surface area contributed by atoms with Crippen LogP contribution in [-0.2, 0) is 32.2 Å². The molecule has 0 saturated carbocycles. The van der Waals surface area contributed by atoms with Gasteiger partial charge in [0.1, 0.15) is 10.6 Å². The molecule has 0 aliphatic carbocycles. The molecule has 1 N–H and O–H groups in total. The van der Waals surface area contributed by atoms with Crippen LogP contribution in [0.2, 0.25) is 0 Å². The summed E-state index contributed by atoms with van der Waals surface area (Å²) in [7, 11) is -3.90. The number of rotatable bonds is 7. The lowest BCUT2D eigenvalue weighted by Gasteiger charge is -2.27. The SMILES string of the molecule is CCOc1ccc(NC(=O)Cc2cccc(C(F)(F)F)c2)cc1S(=O)(=O)N1CCOCC1. The molecule has 0 atom stereocenters. The Bertz CT molecular complexity index is 1070. The van der Waals surface area contributed by atoms with Gasteiger partial charge in [-0.2, -0.15) is 17.5 Å². The first kappa shape index (κ1) is 24.0. The first-order valence-corrected chi connectivity index (χ1v) is 11.4. The fraction of sp³-hybridized carbons (Fsp3) is 0.381. The van der Waals surface area contributed by atoms with E-state index in [9.17, 15) is 26.4 Å². The summed E-state index contributed by atoms with van der Waals surface area (Å²) in [4.78, 5) is 12.3. The molecule has 2 aromatic carbocycles. The van der Waals surface area contributed by atoms with Gasteiger partial charge in [0.05, 0.1) is 31.8 Å². The molecule has 0 radical (unpaired) electrons. The van der Waals surface area contributed by atoms with Gasteiger partial charge in [-0.25, -0.2) is 8.42 Å². The molecule has 0 aromatic heterocycles. The fourth-order valence-electron chi connectivity index (χ4n) is 3.24. The molecule has 1 fully saturated rings. The molecule has 0 unspecified atom stereocenters. The second kappa shape index (κ2) is 9.88. The van der Waals surface area contributed by atoms with Gasteiger partial charge in [-0.3, -0.25) is 4.79 Å². The number of benzene rings is 2. The fourth-order valence-corrected chi connectivity index (χ4v) is 4.80. The molecular weight excluding hydrogens is 449 g/mol. The maximum atomic E-state index is 13.1. The highest BCUT2D eigenvalue weighted by molar-refractivity contribution is 7.89. The van der Waals surface area contributed by atoms with Crippen LogP contribution in [0, 0.1) is 0 Å². The van der Waals surface area contributed by atoms with Crippen LogP contribution in [0.5, 0.6) is 5.75 Å². The molecule has 174 valence electrons. The maximum absolute atomic E-state index is 13.1. The summed E-state index contributed by atoms with van der Waals surface area (Å²) >= 11 is 0. The van der Waals surface area contributed by atoms with Crippen molar-refractivity contribution in [2.45, 2.75) is 24.4 Å². The number of hydrogen-bond donors (Lipinski definition) is 1. The molecule has 1 saturated heterocycles. The third-order valence-corrected chi connectivity index (χ3v) is 6.65. The third-order valence-electron chi connectivity index (χ3n) is 4.73. The van der Waals surface area contributed by atoms with Crippen molar-refractivity contribution in [2.24, 2.45) is 0 Å². The van der Waals surface area contributed by atoms with E-state index in [-0.39, 0.29) is 61.2 Å². The normalized spacial score (nSPS) is 15.4. The lowest BCUT2D eigenvalue weighted by Crippen LogP contribution is -2.40. The Morgan fingerprint density at radius 1 is 1.16 bits per heavy atom. The molecule has 3 rings (SSSR count). The number of morpholine rings is 1. The first-order chi connectivity index (χ1) is 15.1. The topological polar surface area (TPSA) is 84.9 Å². The molecule has 7 nitrogen and oxygen atoms in total. The van der Waals surface area contributed by atoms with Gasteiger partial charge in [-0.05, 0) is 36.8 Å². The highest BCUT2D eigenvalue weighted by Crippen LogP contribution is 2.31. The molecule has 11 heteroatoms. The Hall–Kier alpha value is -2.63. The van der Waals surface area contributed by atoms with Crippen LogP contribution in [0.1, 0.15) is 18.1 Å². The van der Waals surface area contributed by atoms with Crippen molar-refractivity contribution in [3.63, 3.8) is 0 Å². The third kappa shape index (κ3) is 5.78. The number of nitrogens with zero attached hydrogens (tertiary/aromatic N) is 1. The molecule has 32 heavy (non-hydrogen) atoms. The van der Waals surface area contributed by atoms with E-state index in [0.717, 1.165) is 12.1 Å². The van der Waals surface area contributed by atoms with E-state index in [0.29, 0.717) is 0 Å². The Balaban J connectivity index is 1.81. The van der Waals surface area contributed by atoms with Crippen molar-refractivity contribution >= 4 is 21.6 Å². The van der Waals surface area contributed by atoms with Gasteiger partial charge in [-0.1, -0.05) is 18.2 Å². The Morgan fingerprint density at radius 3 is 2.53 bits per heavy atom. The van der Waals surface area contributed by atoms with Crippen LogP contribution >= 0.6 is 0 Å². The van der Waals surface area contributed by atoms with Gasteiger partial charge < -0.3 is 14.8 Å². The van der Waals surface area contributed by atoms with E-state index in [1.54, 1.807) is 6.92 Å². The smallest absolute Gasteiger partial charge is 0.416 e. The Labute approximate surface area is 184 Å². The number of alkyl halides is 3. The van der Waals surface area contributed by atoms with Gasteiger partial charge in [0.2, 0.25) is 15.9 Å². The molecule has 2 aromatic rings. The molecule has 1 aliphatic heterocycles. The summed E-state index contributed by atoms with van der Waals surface area (Å²) in [5, 5.41) is 2.55. The van der Waals surface area contributed by atoms with Crippen LogP contribution in [0.3, 0.4) is 0 Å². The van der Waals surface area contributed by atoms with Gasteiger partial charge in [0.25, 0.3) is 0 Å². The van der Waals surface area contributed by atoms with Gasteiger partial charge >= 0.3 is 6.18 Å². The zero-order chi connectivity index (χ0) is 23.4. The number of anilines is 1. The van der Waals surface area contributed by atoms with Gasteiger partial charge in [0.15, 0.2) is 0 Å². The summed E-state index contributed by atoms with van der Waals surface area (Å²) < 4.78 is 76.8. The number of ether oxygens (including phenoxy) is 2. The van der Waals surface area contributed by atoms with Crippen LogP contribution in [0.25, 0.3) is 0 Å². The van der Waals surface area contributed by atoms with Crippen LogP contribution < -0.4 is 10.1 Å². The average molecular weight is 472 g/mol. The van der Waals surface area contributed by atoms with Crippen molar-refractivity contribution in [1.29, 1.82) is 0 Å². The van der Waals surface area contributed by atoms with E-state index < -0.39 is 27.7 Å². The van der Waals surface area contributed by atoms with Crippen LogP contribution in [0.4, 0.5) is 18.9 Å². The zero-order valence-electron chi connectivity index (χ0n) is 17.3. The number of halogens is 3. The van der Waals surface area contributed by atoms with Crippen LogP contribution in [-0.4, -0.2) is 51.5 Å². The molecule has 1 amide bonds. The second-order valence-electron chi connectivity index (χ2n) is 7.03. The van der Waals surface area contributed by atoms with Gasteiger partial charge in [-0.15, -0.1) is 0 Å². The minimum absolute atomic E-state index is 0.0990. The largest absolute Gasteiger partial charge is 0.492 e. The summed E-state index contributed by atoms with van der Waals surface area (Å²) in [6, 6.07) is 8.70. The van der Waals surface area contributed by atoms with Crippen molar-refractivity contribution in [3.8, 4) is 5.75 Å².